The lowest BCUT2D eigenvalue weighted by molar-refractivity contribution is -0.119. The average Bonchev–Trinajstić information content (AvgIpc) is 2.63. The molecule has 2 N–H and O–H groups in total. The molecule has 6 nitrogen and oxygen atoms in total. The number of likely N-dealkylation sites (tertiary alicyclic amines) is 1. The van der Waals surface area contributed by atoms with E-state index in [9.17, 15) is 9.59 Å². The van der Waals surface area contributed by atoms with Gasteiger partial charge in [-0.3, -0.25) is 4.79 Å². The number of nitrogens with zero attached hydrogens (tertiary/aromatic N) is 2. The van der Waals surface area contributed by atoms with Crippen molar-refractivity contribution in [2.45, 2.75) is 45.1 Å². The number of amides is 3. The second kappa shape index (κ2) is 8.23. The molecule has 1 aromatic carbocycles. The summed E-state index contributed by atoms with van der Waals surface area (Å²) in [5, 5.41) is 5.90. The zero-order valence-corrected chi connectivity index (χ0v) is 15.0. The molecular formula is C19H28N4O2. The van der Waals surface area contributed by atoms with E-state index in [0.29, 0.717) is 13.1 Å². The Morgan fingerprint density at radius 3 is 2.20 bits per heavy atom. The van der Waals surface area contributed by atoms with Crippen molar-refractivity contribution in [2.24, 2.45) is 0 Å². The van der Waals surface area contributed by atoms with Gasteiger partial charge in [-0.2, -0.15) is 0 Å². The van der Waals surface area contributed by atoms with Crippen molar-refractivity contribution in [3.05, 3.63) is 24.3 Å². The van der Waals surface area contributed by atoms with Crippen LogP contribution < -0.4 is 15.5 Å². The van der Waals surface area contributed by atoms with Crippen LogP contribution in [0.25, 0.3) is 0 Å². The van der Waals surface area contributed by atoms with E-state index < -0.39 is 0 Å². The molecule has 2 aliphatic heterocycles. The topological polar surface area (TPSA) is 64.7 Å². The SMILES string of the molecule is CC(=O)NC1CCN(C(=O)Nc2ccc(N3CCCCC3)cc2)CC1. The van der Waals surface area contributed by atoms with Crippen molar-refractivity contribution < 1.29 is 9.59 Å². The second-order valence-corrected chi connectivity index (χ2v) is 6.99. The first-order chi connectivity index (χ1) is 12.1. The lowest BCUT2D eigenvalue weighted by atomic mass is 10.1. The summed E-state index contributed by atoms with van der Waals surface area (Å²) in [7, 11) is 0. The van der Waals surface area contributed by atoms with Crippen LogP contribution in [0.3, 0.4) is 0 Å². The van der Waals surface area contributed by atoms with Crippen molar-refractivity contribution in [2.75, 3.05) is 36.4 Å². The van der Waals surface area contributed by atoms with E-state index in [4.69, 9.17) is 0 Å². The Labute approximate surface area is 149 Å². The minimum absolute atomic E-state index is 0.00306. The molecule has 136 valence electrons. The molecule has 0 bridgehead atoms. The maximum absolute atomic E-state index is 12.4. The normalized spacial score (nSPS) is 18.8. The highest BCUT2D eigenvalue weighted by atomic mass is 16.2. The van der Waals surface area contributed by atoms with Crippen LogP contribution in [-0.4, -0.2) is 49.1 Å². The summed E-state index contributed by atoms with van der Waals surface area (Å²) in [5.41, 5.74) is 2.06. The van der Waals surface area contributed by atoms with Crippen molar-refractivity contribution in [1.82, 2.24) is 10.2 Å². The maximum atomic E-state index is 12.4. The molecular weight excluding hydrogens is 316 g/mol. The van der Waals surface area contributed by atoms with Gasteiger partial charge in [-0.1, -0.05) is 0 Å². The molecule has 3 rings (SSSR count). The number of carbonyl (C=O) groups excluding carboxylic acids is 2. The van der Waals surface area contributed by atoms with Crippen LogP contribution in [0.5, 0.6) is 0 Å². The number of anilines is 2. The van der Waals surface area contributed by atoms with Crippen LogP contribution in [0.1, 0.15) is 39.0 Å². The van der Waals surface area contributed by atoms with E-state index in [1.807, 2.05) is 17.0 Å². The largest absolute Gasteiger partial charge is 0.372 e. The molecule has 2 aliphatic rings. The second-order valence-electron chi connectivity index (χ2n) is 6.99. The average molecular weight is 344 g/mol. The van der Waals surface area contributed by atoms with Gasteiger partial charge in [-0.15, -0.1) is 0 Å². The number of piperidine rings is 2. The van der Waals surface area contributed by atoms with Crippen LogP contribution in [0.4, 0.5) is 16.2 Å². The lowest BCUT2D eigenvalue weighted by Gasteiger charge is -2.32. The molecule has 0 saturated carbocycles. The van der Waals surface area contributed by atoms with E-state index >= 15 is 0 Å². The Morgan fingerprint density at radius 2 is 1.60 bits per heavy atom. The number of hydrogen-bond acceptors (Lipinski definition) is 3. The van der Waals surface area contributed by atoms with Crippen molar-refractivity contribution in [3.63, 3.8) is 0 Å². The van der Waals surface area contributed by atoms with Crippen LogP contribution in [0.15, 0.2) is 24.3 Å². The Hall–Kier alpha value is -2.24. The van der Waals surface area contributed by atoms with Crippen LogP contribution in [0, 0.1) is 0 Å². The van der Waals surface area contributed by atoms with Crippen LogP contribution in [0.2, 0.25) is 0 Å². The lowest BCUT2D eigenvalue weighted by Crippen LogP contribution is -2.47. The number of hydrogen-bond donors (Lipinski definition) is 2. The maximum Gasteiger partial charge on any atom is 0.321 e. The van der Waals surface area contributed by atoms with Gasteiger partial charge in [0.05, 0.1) is 0 Å². The molecule has 0 unspecified atom stereocenters. The zero-order chi connectivity index (χ0) is 17.6. The third-order valence-corrected chi connectivity index (χ3v) is 5.03. The quantitative estimate of drug-likeness (QED) is 0.886. The van der Waals surface area contributed by atoms with Crippen molar-refractivity contribution >= 4 is 23.3 Å². The first-order valence-corrected chi connectivity index (χ1v) is 9.30. The highest BCUT2D eigenvalue weighted by Crippen LogP contribution is 2.22. The minimum atomic E-state index is -0.0630. The van der Waals surface area contributed by atoms with Gasteiger partial charge in [0, 0.05) is 50.5 Å². The van der Waals surface area contributed by atoms with Gasteiger partial charge >= 0.3 is 6.03 Å². The van der Waals surface area contributed by atoms with Gasteiger partial charge in [0.15, 0.2) is 0 Å². The van der Waals surface area contributed by atoms with Gasteiger partial charge in [-0.05, 0) is 56.4 Å². The standard InChI is InChI=1S/C19H28N4O2/c1-15(24)20-17-9-13-23(14-10-17)19(25)21-16-5-7-18(8-6-16)22-11-3-2-4-12-22/h5-8,17H,2-4,9-14H2,1H3,(H,20,24)(H,21,25). The van der Waals surface area contributed by atoms with Gasteiger partial charge < -0.3 is 20.4 Å². The van der Waals surface area contributed by atoms with E-state index in [1.54, 1.807) is 0 Å². The van der Waals surface area contributed by atoms with Gasteiger partial charge in [0.25, 0.3) is 0 Å². The Kier molecular flexibility index (Phi) is 5.79. The summed E-state index contributed by atoms with van der Waals surface area (Å²) < 4.78 is 0. The third-order valence-electron chi connectivity index (χ3n) is 5.03. The molecule has 6 heteroatoms. The number of carbonyl (C=O) groups is 2. The molecule has 0 radical (unpaired) electrons. The summed E-state index contributed by atoms with van der Waals surface area (Å²) in [6, 6.07) is 8.25. The van der Waals surface area contributed by atoms with Gasteiger partial charge in [-0.25, -0.2) is 4.79 Å². The fraction of sp³-hybridized carbons (Fsp3) is 0.579. The summed E-state index contributed by atoms with van der Waals surface area (Å²) in [6.07, 6.45) is 5.45. The first-order valence-electron chi connectivity index (χ1n) is 9.30. The van der Waals surface area contributed by atoms with Crippen molar-refractivity contribution in [1.29, 1.82) is 0 Å². The minimum Gasteiger partial charge on any atom is -0.372 e. The summed E-state index contributed by atoms with van der Waals surface area (Å²) >= 11 is 0. The van der Waals surface area contributed by atoms with E-state index in [-0.39, 0.29) is 18.0 Å². The molecule has 2 heterocycles. The fourth-order valence-electron chi connectivity index (χ4n) is 3.62. The molecule has 0 atom stereocenters. The van der Waals surface area contributed by atoms with E-state index in [2.05, 4.69) is 27.7 Å². The summed E-state index contributed by atoms with van der Waals surface area (Å²) in [4.78, 5) is 27.7. The number of benzene rings is 1. The highest BCUT2D eigenvalue weighted by Gasteiger charge is 2.23. The number of nitrogens with one attached hydrogen (secondary N) is 2. The first kappa shape index (κ1) is 17.6. The van der Waals surface area contributed by atoms with Gasteiger partial charge in [0.1, 0.15) is 0 Å². The molecule has 2 fully saturated rings. The molecule has 0 aromatic heterocycles. The molecule has 2 saturated heterocycles. The smallest absolute Gasteiger partial charge is 0.321 e. The van der Waals surface area contributed by atoms with Gasteiger partial charge in [0.2, 0.25) is 5.91 Å². The Bertz CT molecular complexity index is 588. The van der Waals surface area contributed by atoms with Crippen LogP contribution >= 0.6 is 0 Å². The van der Waals surface area contributed by atoms with Crippen LogP contribution in [-0.2, 0) is 4.79 Å². The predicted molar refractivity (Wildman–Crippen MR) is 99.9 cm³/mol. The molecule has 0 spiro atoms. The highest BCUT2D eigenvalue weighted by molar-refractivity contribution is 5.89. The molecule has 25 heavy (non-hydrogen) atoms. The van der Waals surface area contributed by atoms with E-state index in [0.717, 1.165) is 31.6 Å². The zero-order valence-electron chi connectivity index (χ0n) is 15.0. The number of urea groups is 1. The summed E-state index contributed by atoms with van der Waals surface area (Å²) in [6.45, 7) is 5.11. The Balaban J connectivity index is 1.49. The Morgan fingerprint density at radius 1 is 0.960 bits per heavy atom. The fourth-order valence-corrected chi connectivity index (χ4v) is 3.62. The predicted octanol–water partition coefficient (Wildman–Crippen LogP) is 2.81. The molecule has 3 amide bonds. The van der Waals surface area contributed by atoms with E-state index in [1.165, 1.54) is 31.9 Å². The summed E-state index contributed by atoms with van der Waals surface area (Å²) in [5.74, 6) is -0.00306. The monoisotopic (exact) mass is 344 g/mol. The van der Waals surface area contributed by atoms with Crippen molar-refractivity contribution in [3.8, 4) is 0 Å². The molecule has 1 aromatic rings. The third kappa shape index (κ3) is 4.87. The molecule has 0 aliphatic carbocycles. The number of rotatable bonds is 3.